The molecule has 4 aromatic rings. The van der Waals surface area contributed by atoms with Gasteiger partial charge in [-0.2, -0.15) is 0 Å². The molecule has 0 radical (unpaired) electrons. The van der Waals surface area contributed by atoms with E-state index in [0.29, 0.717) is 13.0 Å². The van der Waals surface area contributed by atoms with Gasteiger partial charge >= 0.3 is 5.97 Å². The topological polar surface area (TPSA) is 64.0 Å². The highest BCUT2D eigenvalue weighted by Gasteiger charge is 2.18. The van der Waals surface area contributed by atoms with Crippen molar-refractivity contribution in [2.24, 2.45) is 0 Å². The molecule has 308 valence electrons. The number of rotatable bonds is 29. The van der Waals surface area contributed by atoms with E-state index in [9.17, 15) is 9.59 Å². The Hall–Kier alpha value is -3.36. The molecule has 5 rings (SSSR count). The minimum atomic E-state index is -0.241. The molecule has 0 aliphatic carbocycles. The van der Waals surface area contributed by atoms with Crippen LogP contribution in [0.4, 0.5) is 5.69 Å². The van der Waals surface area contributed by atoms with Gasteiger partial charge in [0.25, 0.3) is 5.56 Å². The van der Waals surface area contributed by atoms with Gasteiger partial charge in [-0.15, -0.1) is 11.3 Å². The van der Waals surface area contributed by atoms with Gasteiger partial charge < -0.3 is 14.4 Å². The van der Waals surface area contributed by atoms with Crippen molar-refractivity contribution in [2.75, 3.05) is 44.2 Å². The Balaban J connectivity index is 0.880. The van der Waals surface area contributed by atoms with Crippen LogP contribution >= 0.6 is 11.3 Å². The number of esters is 1. The molecular formula is C48H71N3O4S. The fourth-order valence-electron chi connectivity index (χ4n) is 8.14. The number of aromatic nitrogens is 1. The highest BCUT2D eigenvalue weighted by molar-refractivity contribution is 7.17. The summed E-state index contributed by atoms with van der Waals surface area (Å²) in [5.74, 6) is 0.489. The van der Waals surface area contributed by atoms with Gasteiger partial charge in [-0.25, -0.2) is 0 Å². The Labute approximate surface area is 341 Å². The highest BCUT2D eigenvalue weighted by atomic mass is 32.1. The number of ether oxygens (including phenoxy) is 2. The lowest BCUT2D eigenvalue weighted by Gasteiger charge is -2.36. The van der Waals surface area contributed by atoms with Gasteiger partial charge in [0.05, 0.1) is 12.1 Å². The summed E-state index contributed by atoms with van der Waals surface area (Å²) >= 11 is 1.81. The number of thiophene rings is 1. The molecule has 0 amide bonds. The van der Waals surface area contributed by atoms with Crippen LogP contribution in [-0.2, 0) is 16.3 Å². The van der Waals surface area contributed by atoms with Gasteiger partial charge in [-0.3, -0.25) is 19.1 Å². The lowest BCUT2D eigenvalue weighted by molar-refractivity contribution is -0.147. The van der Waals surface area contributed by atoms with Crippen molar-refractivity contribution in [3.63, 3.8) is 0 Å². The van der Waals surface area contributed by atoms with E-state index in [1.54, 1.807) is 0 Å². The first-order chi connectivity index (χ1) is 27.6. The van der Waals surface area contributed by atoms with E-state index in [2.05, 4.69) is 46.4 Å². The molecule has 1 aliphatic rings. The number of hydrogen-bond donors (Lipinski definition) is 0. The summed E-state index contributed by atoms with van der Waals surface area (Å²) in [6, 6.07) is 18.1. The monoisotopic (exact) mass is 786 g/mol. The molecule has 8 heteroatoms. The first kappa shape index (κ1) is 43.8. The molecule has 1 fully saturated rings. The maximum Gasteiger partial charge on any atom is 0.307 e. The smallest absolute Gasteiger partial charge is 0.307 e. The molecule has 1 aliphatic heterocycles. The van der Waals surface area contributed by atoms with Crippen LogP contribution in [0.3, 0.4) is 0 Å². The van der Waals surface area contributed by atoms with Gasteiger partial charge in [0, 0.05) is 60.5 Å². The fraction of sp³-hybridized carbons (Fsp3) is 0.625. The molecule has 56 heavy (non-hydrogen) atoms. The number of nitrogens with zero attached hydrogens (tertiary/aromatic N) is 3. The van der Waals surface area contributed by atoms with Crippen LogP contribution < -0.4 is 15.2 Å². The third kappa shape index (κ3) is 15.2. The van der Waals surface area contributed by atoms with E-state index in [1.165, 1.54) is 136 Å². The van der Waals surface area contributed by atoms with Crippen molar-refractivity contribution < 1.29 is 14.3 Å². The maximum absolute atomic E-state index is 12.8. The first-order valence-electron chi connectivity index (χ1n) is 22.5. The second-order valence-electron chi connectivity index (χ2n) is 16.1. The quantitative estimate of drug-likeness (QED) is 0.0403. The Morgan fingerprint density at radius 3 is 1.96 bits per heavy atom. The molecule has 1 saturated heterocycles. The van der Waals surface area contributed by atoms with Gasteiger partial charge in [0.1, 0.15) is 5.75 Å². The number of carbonyl (C=O) groups excluding carboxylic acids is 1. The van der Waals surface area contributed by atoms with Gasteiger partial charge in [-0.05, 0) is 73.0 Å². The number of hydrogen-bond acceptors (Lipinski definition) is 7. The van der Waals surface area contributed by atoms with Crippen molar-refractivity contribution in [1.82, 2.24) is 9.47 Å². The Kier molecular flexibility index (Phi) is 20.2. The van der Waals surface area contributed by atoms with Crippen molar-refractivity contribution in [3.05, 3.63) is 70.3 Å². The van der Waals surface area contributed by atoms with Crippen LogP contribution in [0.15, 0.2) is 64.8 Å². The largest absolute Gasteiger partial charge is 0.494 e. The maximum atomic E-state index is 12.8. The number of unbranched alkanes of at least 4 members (excludes halogenated alkanes) is 19. The van der Waals surface area contributed by atoms with E-state index in [-0.39, 0.29) is 18.3 Å². The van der Waals surface area contributed by atoms with Crippen LogP contribution in [0, 0.1) is 0 Å². The van der Waals surface area contributed by atoms with Gasteiger partial charge in [0.15, 0.2) is 6.73 Å². The Morgan fingerprint density at radius 1 is 0.679 bits per heavy atom. The summed E-state index contributed by atoms with van der Waals surface area (Å²) in [5.41, 5.74) is 1.90. The molecule has 0 atom stereocenters. The lowest BCUT2D eigenvalue weighted by atomic mass is 10.0. The Morgan fingerprint density at radius 2 is 1.30 bits per heavy atom. The molecule has 3 heterocycles. The second kappa shape index (κ2) is 25.8. The number of benzene rings is 2. The number of carbonyl (C=O) groups is 1. The summed E-state index contributed by atoms with van der Waals surface area (Å²) in [6.45, 7) is 8.17. The van der Waals surface area contributed by atoms with Crippen molar-refractivity contribution in [1.29, 1.82) is 0 Å². The van der Waals surface area contributed by atoms with Crippen LogP contribution in [0.5, 0.6) is 5.75 Å². The molecule has 0 N–H and O–H groups in total. The van der Waals surface area contributed by atoms with Crippen LogP contribution in [0.2, 0.25) is 0 Å². The average molecular weight is 786 g/mol. The van der Waals surface area contributed by atoms with E-state index in [1.807, 2.05) is 35.6 Å². The van der Waals surface area contributed by atoms with Crippen molar-refractivity contribution in [3.8, 4) is 5.75 Å². The van der Waals surface area contributed by atoms with Gasteiger partial charge in [0.2, 0.25) is 0 Å². The molecule has 2 aromatic heterocycles. The standard InChI is InChI=1S/C48H71N3O4S/c1-2-3-4-5-6-7-8-9-10-11-12-13-14-15-16-17-18-19-20-26-48(53)55-40-51-45-39-42(29-27-41(45)28-30-47(51)52)54-37-22-21-32-49-33-35-50(36-34-49)44-24-23-25-46-43(44)31-38-56-46/h23-25,27-31,38-39H,2-22,26,32-37,40H2,1H3. The number of pyridine rings is 1. The summed E-state index contributed by atoms with van der Waals surface area (Å²) < 4.78 is 14.6. The lowest BCUT2D eigenvalue weighted by Crippen LogP contribution is -2.46. The van der Waals surface area contributed by atoms with Crippen LogP contribution in [0.25, 0.3) is 21.0 Å². The minimum Gasteiger partial charge on any atom is -0.494 e. The normalized spacial score (nSPS) is 13.6. The predicted octanol–water partition coefficient (Wildman–Crippen LogP) is 12.5. The Bertz CT molecular complexity index is 1740. The summed E-state index contributed by atoms with van der Waals surface area (Å²) in [5, 5.41) is 4.47. The van der Waals surface area contributed by atoms with Crippen LogP contribution in [-0.4, -0.2) is 54.8 Å². The van der Waals surface area contributed by atoms with Crippen molar-refractivity contribution >= 4 is 44.0 Å². The molecule has 0 unspecified atom stereocenters. The third-order valence-electron chi connectivity index (χ3n) is 11.6. The second-order valence-corrected chi connectivity index (χ2v) is 17.0. The fourth-order valence-corrected chi connectivity index (χ4v) is 8.95. The number of fused-ring (bicyclic) bond motifs is 2. The van der Waals surface area contributed by atoms with E-state index in [0.717, 1.165) is 75.1 Å². The first-order valence-corrected chi connectivity index (χ1v) is 23.4. The minimum absolute atomic E-state index is 0.0761. The summed E-state index contributed by atoms with van der Waals surface area (Å²) in [4.78, 5) is 30.5. The van der Waals surface area contributed by atoms with Crippen molar-refractivity contribution in [2.45, 2.75) is 155 Å². The summed E-state index contributed by atoms with van der Waals surface area (Å²) in [6.07, 6.45) is 27.7. The molecule has 7 nitrogen and oxygen atoms in total. The summed E-state index contributed by atoms with van der Waals surface area (Å²) in [7, 11) is 0. The highest BCUT2D eigenvalue weighted by Crippen LogP contribution is 2.31. The average Bonchev–Trinajstić information content (AvgIpc) is 3.71. The molecule has 0 bridgehead atoms. The SMILES string of the molecule is CCCCCCCCCCCCCCCCCCCCCC(=O)OCn1c(=O)ccc2ccc(OCCCCN3CCN(c4cccc5sccc45)CC3)cc21. The zero-order valence-corrected chi connectivity index (χ0v) is 35.5. The molecule has 0 saturated carbocycles. The predicted molar refractivity (Wildman–Crippen MR) is 238 cm³/mol. The molecule has 0 spiro atoms. The van der Waals surface area contributed by atoms with Gasteiger partial charge in [-0.1, -0.05) is 129 Å². The van der Waals surface area contributed by atoms with Crippen LogP contribution in [0.1, 0.15) is 148 Å². The zero-order valence-electron chi connectivity index (χ0n) is 34.7. The molecule has 2 aromatic carbocycles. The van der Waals surface area contributed by atoms with E-state index >= 15 is 0 Å². The van der Waals surface area contributed by atoms with E-state index < -0.39 is 0 Å². The number of piperazine rings is 1. The zero-order chi connectivity index (χ0) is 39.0. The van der Waals surface area contributed by atoms with E-state index in [4.69, 9.17) is 9.47 Å². The third-order valence-corrected chi connectivity index (χ3v) is 12.5. The number of anilines is 1. The molecular weight excluding hydrogens is 715 g/mol.